The molecule has 0 saturated carbocycles. The fourth-order valence-corrected chi connectivity index (χ4v) is 5.10. The highest BCUT2D eigenvalue weighted by Crippen LogP contribution is 2.26. The first-order chi connectivity index (χ1) is 14.3. The van der Waals surface area contributed by atoms with Crippen molar-refractivity contribution in [2.45, 2.75) is 38.1 Å². The van der Waals surface area contributed by atoms with Crippen LogP contribution >= 0.6 is 11.6 Å². The summed E-state index contributed by atoms with van der Waals surface area (Å²) < 4.78 is 32.9. The van der Waals surface area contributed by atoms with Crippen molar-refractivity contribution in [2.75, 3.05) is 19.7 Å². The third-order valence-electron chi connectivity index (χ3n) is 5.23. The van der Waals surface area contributed by atoms with Crippen molar-refractivity contribution >= 4 is 27.5 Å². The zero-order chi connectivity index (χ0) is 21.7. The zero-order valence-electron chi connectivity index (χ0n) is 17.2. The number of hydrogen-bond donors (Lipinski definition) is 1. The molecule has 8 heteroatoms. The van der Waals surface area contributed by atoms with Crippen molar-refractivity contribution in [3.8, 4) is 5.75 Å². The first-order valence-corrected chi connectivity index (χ1v) is 11.9. The highest BCUT2D eigenvalue weighted by atomic mass is 35.5. The number of nitrogens with zero attached hydrogens (tertiary/aromatic N) is 1. The molecule has 0 aliphatic carbocycles. The maximum Gasteiger partial charge on any atom is 0.253 e. The summed E-state index contributed by atoms with van der Waals surface area (Å²) in [5.74, 6) is 0.821. The van der Waals surface area contributed by atoms with Gasteiger partial charge in [-0.2, -0.15) is 4.31 Å². The summed E-state index contributed by atoms with van der Waals surface area (Å²) in [6.45, 7) is 5.84. The Morgan fingerprint density at radius 2 is 1.93 bits per heavy atom. The Bertz CT molecular complexity index is 1000. The molecule has 2 aromatic carbocycles. The van der Waals surface area contributed by atoms with E-state index in [4.69, 9.17) is 16.3 Å². The third kappa shape index (κ3) is 5.33. The fraction of sp³-hybridized carbons (Fsp3) is 0.409. The van der Waals surface area contributed by atoms with Gasteiger partial charge in [-0.25, -0.2) is 8.42 Å². The average Bonchev–Trinajstić information content (AvgIpc) is 2.73. The molecular formula is C22H27ClN2O4S. The molecule has 1 fully saturated rings. The van der Waals surface area contributed by atoms with Gasteiger partial charge in [-0.3, -0.25) is 4.79 Å². The van der Waals surface area contributed by atoms with Crippen LogP contribution in [0.3, 0.4) is 0 Å². The zero-order valence-corrected chi connectivity index (χ0v) is 18.8. The Hall–Kier alpha value is -2.09. The lowest BCUT2D eigenvalue weighted by molar-refractivity contribution is 0.0950. The van der Waals surface area contributed by atoms with Gasteiger partial charge in [-0.15, -0.1) is 0 Å². The van der Waals surface area contributed by atoms with Crippen molar-refractivity contribution in [3.63, 3.8) is 0 Å². The molecule has 3 rings (SSSR count). The van der Waals surface area contributed by atoms with Gasteiger partial charge >= 0.3 is 0 Å². The molecule has 0 aromatic heterocycles. The van der Waals surface area contributed by atoms with Gasteiger partial charge in [0.25, 0.3) is 5.91 Å². The Balaban J connectivity index is 1.74. The molecule has 1 saturated heterocycles. The second kappa shape index (κ2) is 9.81. The summed E-state index contributed by atoms with van der Waals surface area (Å²) in [6, 6.07) is 11.7. The lowest BCUT2D eigenvalue weighted by Gasteiger charge is -2.29. The molecule has 6 nitrogen and oxygen atoms in total. The highest BCUT2D eigenvalue weighted by Gasteiger charge is 2.29. The third-order valence-corrected chi connectivity index (χ3v) is 7.45. The predicted molar refractivity (Wildman–Crippen MR) is 117 cm³/mol. The Labute approximate surface area is 183 Å². The molecule has 0 bridgehead atoms. The van der Waals surface area contributed by atoms with E-state index in [1.807, 2.05) is 31.2 Å². The fourth-order valence-electron chi connectivity index (χ4n) is 3.40. The number of amides is 1. The average molecular weight is 451 g/mol. The molecule has 0 unspecified atom stereocenters. The number of carbonyl (C=O) groups is 1. The number of rotatable bonds is 7. The van der Waals surface area contributed by atoms with Crippen LogP contribution in [0.2, 0.25) is 5.02 Å². The van der Waals surface area contributed by atoms with E-state index in [-0.39, 0.29) is 22.0 Å². The number of piperidine rings is 1. The van der Waals surface area contributed by atoms with Crippen LogP contribution in [0.25, 0.3) is 0 Å². The van der Waals surface area contributed by atoms with Gasteiger partial charge in [-0.05, 0) is 61.6 Å². The number of hydrogen-bond acceptors (Lipinski definition) is 4. The van der Waals surface area contributed by atoms with Crippen LogP contribution in [0.5, 0.6) is 5.75 Å². The van der Waals surface area contributed by atoms with E-state index < -0.39 is 15.9 Å². The topological polar surface area (TPSA) is 75.7 Å². The molecule has 1 heterocycles. The van der Waals surface area contributed by atoms with Crippen molar-refractivity contribution in [1.29, 1.82) is 0 Å². The Kier molecular flexibility index (Phi) is 7.39. The van der Waals surface area contributed by atoms with Gasteiger partial charge in [0.2, 0.25) is 10.0 Å². The molecule has 0 spiro atoms. The summed E-state index contributed by atoms with van der Waals surface area (Å²) in [5, 5.41) is 3.01. The maximum atomic E-state index is 13.0. The largest absolute Gasteiger partial charge is 0.494 e. The minimum absolute atomic E-state index is 0.0879. The summed E-state index contributed by atoms with van der Waals surface area (Å²) in [5.41, 5.74) is 1.01. The lowest BCUT2D eigenvalue weighted by atomic mass is 10.0. The summed E-state index contributed by atoms with van der Waals surface area (Å²) in [6.07, 6.45) is 1.67. The number of sulfonamides is 1. The van der Waals surface area contributed by atoms with Gasteiger partial charge in [0.15, 0.2) is 0 Å². The SMILES string of the molecule is CCOc1cccc(CNC(=O)c2cc(S(=O)(=O)N3CCC(C)CC3)ccc2Cl)c1. The molecule has 1 aliphatic heterocycles. The minimum atomic E-state index is -3.66. The number of carbonyl (C=O) groups excluding carboxylic acids is 1. The summed E-state index contributed by atoms with van der Waals surface area (Å²) in [7, 11) is -3.66. The highest BCUT2D eigenvalue weighted by molar-refractivity contribution is 7.89. The van der Waals surface area contributed by atoms with Gasteiger partial charge in [0.05, 0.1) is 22.1 Å². The molecule has 0 radical (unpaired) electrons. The summed E-state index contributed by atoms with van der Waals surface area (Å²) >= 11 is 6.21. The van der Waals surface area contributed by atoms with Crippen LogP contribution in [0.4, 0.5) is 0 Å². The monoisotopic (exact) mass is 450 g/mol. The molecule has 2 aromatic rings. The summed E-state index contributed by atoms with van der Waals surface area (Å²) in [4.78, 5) is 12.8. The first kappa shape index (κ1) is 22.6. The normalized spacial score (nSPS) is 15.7. The number of ether oxygens (including phenoxy) is 1. The maximum absolute atomic E-state index is 13.0. The van der Waals surface area contributed by atoms with Gasteiger partial charge in [0, 0.05) is 19.6 Å². The predicted octanol–water partition coefficient (Wildman–Crippen LogP) is 4.09. The van der Waals surface area contributed by atoms with E-state index in [1.165, 1.54) is 22.5 Å². The lowest BCUT2D eigenvalue weighted by Crippen LogP contribution is -2.38. The van der Waals surface area contributed by atoms with Crippen molar-refractivity contribution in [2.24, 2.45) is 5.92 Å². The van der Waals surface area contributed by atoms with E-state index in [1.54, 1.807) is 0 Å². The molecule has 0 atom stereocenters. The smallest absolute Gasteiger partial charge is 0.253 e. The van der Waals surface area contributed by atoms with E-state index >= 15 is 0 Å². The first-order valence-electron chi connectivity index (χ1n) is 10.1. The second-order valence-electron chi connectivity index (χ2n) is 7.49. The van der Waals surface area contributed by atoms with E-state index in [0.29, 0.717) is 25.6 Å². The van der Waals surface area contributed by atoms with Crippen LogP contribution in [0.1, 0.15) is 42.6 Å². The molecule has 1 amide bonds. The number of benzene rings is 2. The molecule has 162 valence electrons. The van der Waals surface area contributed by atoms with Crippen LogP contribution in [-0.2, 0) is 16.6 Å². The Morgan fingerprint density at radius 3 is 2.63 bits per heavy atom. The van der Waals surface area contributed by atoms with Gasteiger partial charge in [-0.1, -0.05) is 30.7 Å². The van der Waals surface area contributed by atoms with Crippen molar-refractivity contribution < 1.29 is 17.9 Å². The van der Waals surface area contributed by atoms with E-state index in [9.17, 15) is 13.2 Å². The number of halogens is 1. The molecular weight excluding hydrogens is 424 g/mol. The second-order valence-corrected chi connectivity index (χ2v) is 9.84. The molecule has 30 heavy (non-hydrogen) atoms. The Morgan fingerprint density at radius 1 is 1.20 bits per heavy atom. The van der Waals surface area contributed by atoms with Crippen LogP contribution < -0.4 is 10.1 Å². The standard InChI is InChI=1S/C22H27ClN2O4S/c1-3-29-18-6-4-5-17(13-18)15-24-22(26)20-14-19(7-8-21(20)23)30(27,28)25-11-9-16(2)10-12-25/h4-8,13-14,16H,3,9-12,15H2,1-2H3,(H,24,26). The van der Waals surface area contributed by atoms with E-state index in [0.717, 1.165) is 24.2 Å². The minimum Gasteiger partial charge on any atom is -0.494 e. The molecule has 1 aliphatic rings. The number of nitrogens with one attached hydrogen (secondary N) is 1. The van der Waals surface area contributed by atoms with E-state index in [2.05, 4.69) is 12.2 Å². The van der Waals surface area contributed by atoms with Gasteiger partial charge < -0.3 is 10.1 Å². The molecule has 1 N–H and O–H groups in total. The van der Waals surface area contributed by atoms with Crippen molar-refractivity contribution in [1.82, 2.24) is 9.62 Å². The van der Waals surface area contributed by atoms with Crippen LogP contribution in [0.15, 0.2) is 47.4 Å². The van der Waals surface area contributed by atoms with Crippen molar-refractivity contribution in [3.05, 3.63) is 58.6 Å². The van der Waals surface area contributed by atoms with Crippen LogP contribution in [-0.4, -0.2) is 38.3 Å². The van der Waals surface area contributed by atoms with Gasteiger partial charge in [0.1, 0.15) is 5.75 Å². The quantitative estimate of drug-likeness (QED) is 0.689. The van der Waals surface area contributed by atoms with Crippen LogP contribution in [0, 0.1) is 5.92 Å².